The van der Waals surface area contributed by atoms with Crippen LogP contribution in [0, 0.1) is 20.8 Å². The van der Waals surface area contributed by atoms with Gasteiger partial charge in [0.05, 0.1) is 18.3 Å². The SMILES string of the molecule is COCC(O)CCNC(=O)c1cc(C)n(-c2cc(C)on2)c1C. The summed E-state index contributed by atoms with van der Waals surface area (Å²) in [4.78, 5) is 12.3. The molecule has 23 heavy (non-hydrogen) atoms. The predicted molar refractivity (Wildman–Crippen MR) is 84.9 cm³/mol. The summed E-state index contributed by atoms with van der Waals surface area (Å²) < 4.78 is 11.8. The van der Waals surface area contributed by atoms with Gasteiger partial charge in [0.2, 0.25) is 0 Å². The molecule has 0 saturated carbocycles. The lowest BCUT2D eigenvalue weighted by Gasteiger charge is -2.10. The summed E-state index contributed by atoms with van der Waals surface area (Å²) in [6, 6.07) is 3.64. The molecule has 2 N–H and O–H groups in total. The fraction of sp³-hybridized carbons (Fsp3) is 0.500. The Bertz CT molecular complexity index is 675. The van der Waals surface area contributed by atoms with E-state index in [4.69, 9.17) is 9.26 Å². The number of ether oxygens (including phenoxy) is 1. The molecule has 1 amide bonds. The van der Waals surface area contributed by atoms with Gasteiger partial charge >= 0.3 is 0 Å². The van der Waals surface area contributed by atoms with E-state index in [1.165, 1.54) is 7.11 Å². The normalized spacial score (nSPS) is 12.4. The number of carbonyl (C=O) groups is 1. The fourth-order valence-corrected chi connectivity index (χ4v) is 2.53. The molecule has 0 radical (unpaired) electrons. The number of aromatic nitrogens is 2. The minimum atomic E-state index is -0.578. The number of aliphatic hydroxyl groups excluding tert-OH is 1. The standard InChI is InChI=1S/C16H23N3O4/c1-10-7-14(16(21)17-6-5-13(20)9-22-4)12(3)19(10)15-8-11(2)23-18-15/h7-8,13,20H,5-6,9H2,1-4H3,(H,17,21). The first-order valence-electron chi connectivity index (χ1n) is 7.52. The number of hydrogen-bond donors (Lipinski definition) is 2. The van der Waals surface area contributed by atoms with Crippen molar-refractivity contribution >= 4 is 5.91 Å². The van der Waals surface area contributed by atoms with E-state index in [2.05, 4.69) is 10.5 Å². The first-order chi connectivity index (χ1) is 10.9. The Kier molecular flexibility index (Phi) is 5.57. The van der Waals surface area contributed by atoms with Crippen molar-refractivity contribution in [2.24, 2.45) is 0 Å². The maximum absolute atomic E-state index is 12.3. The van der Waals surface area contributed by atoms with Gasteiger partial charge in [-0.25, -0.2) is 0 Å². The van der Waals surface area contributed by atoms with Gasteiger partial charge in [-0.05, 0) is 33.3 Å². The van der Waals surface area contributed by atoms with Gasteiger partial charge in [-0.15, -0.1) is 0 Å². The van der Waals surface area contributed by atoms with Crippen LogP contribution in [0.2, 0.25) is 0 Å². The smallest absolute Gasteiger partial charge is 0.253 e. The average Bonchev–Trinajstić information content (AvgIpc) is 3.02. The summed E-state index contributed by atoms with van der Waals surface area (Å²) in [5.74, 6) is 1.20. The number of methoxy groups -OCH3 is 1. The van der Waals surface area contributed by atoms with Crippen molar-refractivity contribution < 1.29 is 19.2 Å². The third kappa shape index (κ3) is 4.00. The van der Waals surface area contributed by atoms with E-state index in [1.807, 2.05) is 37.5 Å². The second-order valence-electron chi connectivity index (χ2n) is 5.57. The number of amides is 1. The van der Waals surface area contributed by atoms with Gasteiger partial charge < -0.3 is 19.7 Å². The molecule has 0 bridgehead atoms. The third-order valence-electron chi connectivity index (χ3n) is 3.64. The third-order valence-corrected chi connectivity index (χ3v) is 3.64. The Morgan fingerprint density at radius 2 is 2.17 bits per heavy atom. The zero-order valence-electron chi connectivity index (χ0n) is 13.9. The van der Waals surface area contributed by atoms with Crippen molar-refractivity contribution in [1.82, 2.24) is 15.0 Å². The molecule has 2 heterocycles. The van der Waals surface area contributed by atoms with Gasteiger partial charge in [-0.2, -0.15) is 0 Å². The van der Waals surface area contributed by atoms with Crippen molar-refractivity contribution in [2.75, 3.05) is 20.3 Å². The Hall–Kier alpha value is -2.12. The van der Waals surface area contributed by atoms with Crippen molar-refractivity contribution in [1.29, 1.82) is 0 Å². The molecule has 0 aliphatic rings. The lowest BCUT2D eigenvalue weighted by molar-refractivity contribution is 0.0587. The van der Waals surface area contributed by atoms with E-state index in [-0.39, 0.29) is 12.5 Å². The highest BCUT2D eigenvalue weighted by Crippen LogP contribution is 2.20. The molecule has 2 rings (SSSR count). The van der Waals surface area contributed by atoms with Crippen LogP contribution >= 0.6 is 0 Å². The van der Waals surface area contributed by atoms with E-state index >= 15 is 0 Å². The van der Waals surface area contributed by atoms with Crippen molar-refractivity contribution in [3.8, 4) is 5.82 Å². The van der Waals surface area contributed by atoms with E-state index in [9.17, 15) is 9.90 Å². The van der Waals surface area contributed by atoms with E-state index in [0.717, 1.165) is 11.4 Å². The first kappa shape index (κ1) is 17.2. The lowest BCUT2D eigenvalue weighted by atomic mass is 10.2. The largest absolute Gasteiger partial charge is 0.391 e. The van der Waals surface area contributed by atoms with Gasteiger partial charge in [-0.1, -0.05) is 5.16 Å². The van der Waals surface area contributed by atoms with Gasteiger partial charge in [0.15, 0.2) is 5.82 Å². The number of aryl methyl sites for hydroxylation is 2. The summed E-state index contributed by atoms with van der Waals surface area (Å²) >= 11 is 0. The summed E-state index contributed by atoms with van der Waals surface area (Å²) in [6.45, 7) is 6.25. The Morgan fingerprint density at radius 1 is 1.43 bits per heavy atom. The van der Waals surface area contributed by atoms with E-state index in [0.29, 0.717) is 30.1 Å². The molecule has 1 atom stereocenters. The Morgan fingerprint density at radius 3 is 2.78 bits per heavy atom. The van der Waals surface area contributed by atoms with Crippen LogP contribution in [0.1, 0.15) is 33.9 Å². The zero-order valence-corrected chi connectivity index (χ0v) is 13.9. The predicted octanol–water partition coefficient (Wildman–Crippen LogP) is 1.52. The van der Waals surface area contributed by atoms with Crippen molar-refractivity contribution in [3.05, 3.63) is 34.8 Å². The maximum Gasteiger partial charge on any atom is 0.253 e. The number of hydrogen-bond acceptors (Lipinski definition) is 5. The molecule has 0 aliphatic heterocycles. The Balaban J connectivity index is 2.07. The number of carbonyl (C=O) groups excluding carboxylic acids is 1. The van der Waals surface area contributed by atoms with Crippen LogP contribution in [-0.2, 0) is 4.74 Å². The van der Waals surface area contributed by atoms with Crippen LogP contribution in [0.5, 0.6) is 0 Å². The molecule has 2 aromatic rings. The lowest BCUT2D eigenvalue weighted by Crippen LogP contribution is -2.28. The minimum absolute atomic E-state index is 0.172. The van der Waals surface area contributed by atoms with Crippen LogP contribution in [0.25, 0.3) is 5.82 Å². The number of nitrogens with zero attached hydrogens (tertiary/aromatic N) is 2. The second-order valence-corrected chi connectivity index (χ2v) is 5.57. The highest BCUT2D eigenvalue weighted by atomic mass is 16.5. The molecule has 0 saturated heterocycles. The summed E-state index contributed by atoms with van der Waals surface area (Å²) in [7, 11) is 1.53. The maximum atomic E-state index is 12.3. The first-order valence-corrected chi connectivity index (χ1v) is 7.52. The molecule has 126 valence electrons. The summed E-state index contributed by atoms with van der Waals surface area (Å²) in [5, 5.41) is 16.4. The second kappa shape index (κ2) is 7.43. The quantitative estimate of drug-likeness (QED) is 0.807. The monoisotopic (exact) mass is 321 g/mol. The summed E-state index contributed by atoms with van der Waals surface area (Å²) in [6.07, 6.45) is -0.133. The average molecular weight is 321 g/mol. The molecule has 1 unspecified atom stereocenters. The summed E-state index contributed by atoms with van der Waals surface area (Å²) in [5.41, 5.74) is 2.29. The molecule has 2 aromatic heterocycles. The van der Waals surface area contributed by atoms with Gasteiger partial charge in [0, 0.05) is 31.1 Å². The molecular formula is C16H23N3O4. The van der Waals surface area contributed by atoms with Gasteiger partial charge in [0.25, 0.3) is 5.91 Å². The van der Waals surface area contributed by atoms with E-state index < -0.39 is 6.10 Å². The molecule has 0 fully saturated rings. The number of nitrogens with one attached hydrogen (secondary N) is 1. The molecular weight excluding hydrogens is 298 g/mol. The number of aliphatic hydroxyl groups is 1. The molecule has 7 nitrogen and oxygen atoms in total. The van der Waals surface area contributed by atoms with E-state index in [1.54, 1.807) is 0 Å². The highest BCUT2D eigenvalue weighted by molar-refractivity contribution is 5.95. The van der Waals surface area contributed by atoms with Crippen LogP contribution < -0.4 is 5.32 Å². The zero-order chi connectivity index (χ0) is 17.0. The van der Waals surface area contributed by atoms with Gasteiger partial charge in [-0.3, -0.25) is 9.36 Å². The molecule has 0 spiro atoms. The van der Waals surface area contributed by atoms with Crippen LogP contribution in [0.3, 0.4) is 0 Å². The van der Waals surface area contributed by atoms with Crippen LogP contribution in [0.4, 0.5) is 0 Å². The van der Waals surface area contributed by atoms with Crippen molar-refractivity contribution in [2.45, 2.75) is 33.3 Å². The van der Waals surface area contributed by atoms with Gasteiger partial charge in [0.1, 0.15) is 5.76 Å². The van der Waals surface area contributed by atoms with Crippen LogP contribution in [0.15, 0.2) is 16.7 Å². The highest BCUT2D eigenvalue weighted by Gasteiger charge is 2.18. The fourth-order valence-electron chi connectivity index (χ4n) is 2.53. The van der Waals surface area contributed by atoms with Crippen molar-refractivity contribution in [3.63, 3.8) is 0 Å². The minimum Gasteiger partial charge on any atom is -0.391 e. The molecule has 7 heteroatoms. The number of rotatable bonds is 7. The molecule has 0 aromatic carbocycles. The van der Waals surface area contributed by atoms with Crippen LogP contribution in [-0.4, -0.2) is 47.1 Å². The topological polar surface area (TPSA) is 89.5 Å². The molecule has 0 aliphatic carbocycles. The Labute approximate surface area is 135 Å².